The number of nitrogens with zero attached hydrogens (tertiary/aromatic N) is 5. The number of fused-ring (bicyclic) bond motifs is 1. The van der Waals surface area contributed by atoms with Crippen LogP contribution in [0.5, 0.6) is 0 Å². The number of aromatic nitrogens is 5. The lowest BCUT2D eigenvalue weighted by Crippen LogP contribution is -1.95. The molecule has 0 aliphatic heterocycles. The van der Waals surface area contributed by atoms with E-state index in [1.54, 1.807) is 4.68 Å². The first-order valence-corrected chi connectivity index (χ1v) is 8.59. The Morgan fingerprint density at radius 2 is 1.96 bits per heavy atom. The minimum absolute atomic E-state index is 0.791. The monoisotopic (exact) mass is 427 g/mol. The van der Waals surface area contributed by atoms with Gasteiger partial charge in [-0.25, -0.2) is 4.68 Å². The number of hydrogen-bond donors (Lipinski definition) is 0. The van der Waals surface area contributed by atoms with Crippen molar-refractivity contribution in [3.8, 4) is 22.6 Å². The first-order chi connectivity index (χ1) is 11.6. The summed E-state index contributed by atoms with van der Waals surface area (Å²) in [5.74, 6) is 0. The molecule has 3 aromatic heterocycles. The minimum atomic E-state index is 0.791. The molecule has 0 N–H and O–H groups in total. The molecule has 0 saturated heterocycles. The van der Waals surface area contributed by atoms with Gasteiger partial charge in [0.05, 0.1) is 16.9 Å². The first-order valence-electron chi connectivity index (χ1n) is 7.51. The van der Waals surface area contributed by atoms with Gasteiger partial charge in [-0.1, -0.05) is 17.3 Å². The highest BCUT2D eigenvalue weighted by atomic mass is 127. The molecule has 6 heteroatoms. The van der Waals surface area contributed by atoms with Crippen molar-refractivity contribution in [3.05, 3.63) is 57.9 Å². The van der Waals surface area contributed by atoms with Gasteiger partial charge in [-0.3, -0.25) is 9.97 Å². The molecule has 3 heterocycles. The molecule has 0 spiro atoms. The average Bonchev–Trinajstić information content (AvgIpc) is 2.96. The highest BCUT2D eigenvalue weighted by molar-refractivity contribution is 14.1. The van der Waals surface area contributed by atoms with E-state index < -0.39 is 0 Å². The Labute approximate surface area is 152 Å². The smallest absolute Gasteiger partial charge is 0.139 e. The van der Waals surface area contributed by atoms with Crippen LogP contribution < -0.4 is 0 Å². The van der Waals surface area contributed by atoms with Crippen molar-refractivity contribution in [1.82, 2.24) is 25.0 Å². The van der Waals surface area contributed by atoms with Gasteiger partial charge in [0.2, 0.25) is 0 Å². The van der Waals surface area contributed by atoms with Crippen molar-refractivity contribution < 1.29 is 0 Å². The van der Waals surface area contributed by atoms with Crippen molar-refractivity contribution in [1.29, 1.82) is 0 Å². The maximum atomic E-state index is 4.59. The molecule has 4 aromatic rings. The molecule has 0 saturated carbocycles. The standard InChI is InChI=1S/C18H14IN5/c1-11-4-3-5-16(21-11)17-18(24(2)23-22-17)12-6-7-15-13(8-12)9-14(19)10-20-15/h3-10H,1-2H3. The van der Waals surface area contributed by atoms with Crippen LogP contribution in [-0.2, 0) is 7.05 Å². The summed E-state index contributed by atoms with van der Waals surface area (Å²) in [5, 5.41) is 9.64. The van der Waals surface area contributed by atoms with E-state index in [-0.39, 0.29) is 0 Å². The fraction of sp³-hybridized carbons (Fsp3) is 0.111. The van der Waals surface area contributed by atoms with E-state index in [1.807, 2.05) is 44.4 Å². The van der Waals surface area contributed by atoms with E-state index in [0.29, 0.717) is 0 Å². The van der Waals surface area contributed by atoms with Gasteiger partial charge in [0, 0.05) is 33.5 Å². The van der Waals surface area contributed by atoms with Crippen molar-refractivity contribution in [2.75, 3.05) is 0 Å². The number of aryl methyl sites for hydroxylation is 2. The van der Waals surface area contributed by atoms with Gasteiger partial charge in [-0.05, 0) is 59.8 Å². The molecule has 1 aromatic carbocycles. The quantitative estimate of drug-likeness (QED) is 0.454. The van der Waals surface area contributed by atoms with Gasteiger partial charge in [0.25, 0.3) is 0 Å². The highest BCUT2D eigenvalue weighted by Gasteiger charge is 2.16. The van der Waals surface area contributed by atoms with E-state index in [9.17, 15) is 0 Å². The van der Waals surface area contributed by atoms with Crippen molar-refractivity contribution in [2.45, 2.75) is 6.92 Å². The molecular weight excluding hydrogens is 413 g/mol. The zero-order valence-corrected chi connectivity index (χ0v) is 15.4. The van der Waals surface area contributed by atoms with Gasteiger partial charge < -0.3 is 0 Å². The average molecular weight is 427 g/mol. The predicted octanol–water partition coefficient (Wildman–Crippen LogP) is 4.01. The molecule has 0 unspecified atom stereocenters. The second kappa shape index (κ2) is 5.94. The maximum absolute atomic E-state index is 4.59. The van der Waals surface area contributed by atoms with Crippen molar-refractivity contribution in [3.63, 3.8) is 0 Å². The Hall–Kier alpha value is -2.35. The van der Waals surface area contributed by atoms with Crippen LogP contribution in [0.25, 0.3) is 33.5 Å². The SMILES string of the molecule is Cc1cccc(-c2nnn(C)c2-c2ccc3ncc(I)cc3c2)n1. The van der Waals surface area contributed by atoms with Crippen LogP contribution in [0.2, 0.25) is 0 Å². The van der Waals surface area contributed by atoms with Crippen LogP contribution in [0.3, 0.4) is 0 Å². The molecule has 0 radical (unpaired) electrons. The summed E-state index contributed by atoms with van der Waals surface area (Å²) >= 11 is 2.28. The summed E-state index contributed by atoms with van der Waals surface area (Å²) in [4.78, 5) is 9.05. The van der Waals surface area contributed by atoms with Crippen LogP contribution in [0.4, 0.5) is 0 Å². The predicted molar refractivity (Wildman–Crippen MR) is 102 cm³/mol. The zero-order valence-electron chi connectivity index (χ0n) is 13.2. The van der Waals surface area contributed by atoms with Gasteiger partial charge in [-0.15, -0.1) is 5.10 Å². The molecular formula is C18H14IN5. The van der Waals surface area contributed by atoms with E-state index in [1.165, 1.54) is 0 Å². The molecule has 0 amide bonds. The fourth-order valence-corrected chi connectivity index (χ4v) is 3.25. The normalized spacial score (nSPS) is 11.1. The molecule has 0 fully saturated rings. The lowest BCUT2D eigenvalue weighted by molar-refractivity contribution is 0.721. The van der Waals surface area contributed by atoms with Crippen LogP contribution in [0.1, 0.15) is 5.69 Å². The lowest BCUT2D eigenvalue weighted by atomic mass is 10.0. The van der Waals surface area contributed by atoms with Crippen LogP contribution in [-0.4, -0.2) is 25.0 Å². The Bertz CT molecular complexity index is 1050. The second-order valence-corrected chi connectivity index (χ2v) is 6.88. The summed E-state index contributed by atoms with van der Waals surface area (Å²) in [5.41, 5.74) is 5.56. The van der Waals surface area contributed by atoms with Crippen LogP contribution >= 0.6 is 22.6 Å². The Balaban J connectivity index is 1.92. The highest BCUT2D eigenvalue weighted by Crippen LogP contribution is 2.30. The zero-order chi connectivity index (χ0) is 16.7. The summed E-state index contributed by atoms with van der Waals surface area (Å²) in [6.07, 6.45) is 1.87. The summed E-state index contributed by atoms with van der Waals surface area (Å²) in [6, 6.07) is 14.3. The first kappa shape index (κ1) is 15.2. The number of rotatable bonds is 2. The van der Waals surface area contributed by atoms with Crippen LogP contribution in [0, 0.1) is 10.5 Å². The molecule has 5 nitrogen and oxygen atoms in total. The third-order valence-corrected chi connectivity index (χ3v) is 4.47. The minimum Gasteiger partial charge on any atom is -0.255 e. The van der Waals surface area contributed by atoms with Gasteiger partial charge >= 0.3 is 0 Å². The van der Waals surface area contributed by atoms with Crippen LogP contribution in [0.15, 0.2) is 48.7 Å². The van der Waals surface area contributed by atoms with Gasteiger partial charge in [-0.2, -0.15) is 0 Å². The Morgan fingerprint density at radius 1 is 1.08 bits per heavy atom. The van der Waals surface area contributed by atoms with Gasteiger partial charge in [0.15, 0.2) is 0 Å². The number of hydrogen-bond acceptors (Lipinski definition) is 4. The van der Waals surface area contributed by atoms with Crippen molar-refractivity contribution in [2.24, 2.45) is 7.05 Å². The molecule has 0 aliphatic rings. The maximum Gasteiger partial charge on any atom is 0.139 e. The van der Waals surface area contributed by atoms with E-state index >= 15 is 0 Å². The number of halogens is 1. The van der Waals surface area contributed by atoms with Gasteiger partial charge in [0.1, 0.15) is 5.69 Å². The van der Waals surface area contributed by atoms with E-state index in [4.69, 9.17) is 0 Å². The Morgan fingerprint density at radius 3 is 2.79 bits per heavy atom. The number of benzene rings is 1. The summed E-state index contributed by atoms with van der Waals surface area (Å²) in [7, 11) is 1.90. The largest absolute Gasteiger partial charge is 0.255 e. The summed E-state index contributed by atoms with van der Waals surface area (Å²) < 4.78 is 2.91. The van der Waals surface area contributed by atoms with Crippen molar-refractivity contribution >= 4 is 33.5 Å². The van der Waals surface area contributed by atoms with E-state index in [2.05, 4.69) is 61.1 Å². The third kappa shape index (κ3) is 2.66. The number of pyridine rings is 2. The lowest BCUT2D eigenvalue weighted by Gasteiger charge is -2.07. The second-order valence-electron chi connectivity index (χ2n) is 5.64. The molecule has 0 aliphatic carbocycles. The summed E-state index contributed by atoms with van der Waals surface area (Å²) in [6.45, 7) is 1.98. The molecule has 0 atom stereocenters. The molecule has 118 valence electrons. The fourth-order valence-electron chi connectivity index (χ4n) is 2.78. The molecule has 24 heavy (non-hydrogen) atoms. The molecule has 0 bridgehead atoms. The molecule has 4 rings (SSSR count). The third-order valence-electron chi connectivity index (χ3n) is 3.88. The Kier molecular flexibility index (Phi) is 3.76. The topological polar surface area (TPSA) is 56.5 Å². The van der Waals surface area contributed by atoms with E-state index in [0.717, 1.165) is 42.8 Å².